The number of aliphatic hydroxyl groups excluding tert-OH is 1. The number of hydrogen-bond donors (Lipinski definition) is 2. The second-order valence-electron chi connectivity index (χ2n) is 5.77. The molecule has 2 aliphatic rings. The van der Waals surface area contributed by atoms with Gasteiger partial charge in [0, 0.05) is 12.8 Å². The molecule has 1 aliphatic heterocycles. The first kappa shape index (κ1) is 16.4. The highest BCUT2D eigenvalue weighted by molar-refractivity contribution is 8.00. The number of rotatable bonds is 3. The minimum Gasteiger partial charge on any atom is -0.480 e. The van der Waals surface area contributed by atoms with Crippen molar-refractivity contribution in [3.63, 3.8) is 0 Å². The van der Waals surface area contributed by atoms with E-state index in [-0.39, 0.29) is 17.4 Å². The Kier molecular flexibility index (Phi) is 5.37. The molecule has 4 unspecified atom stereocenters. The molecule has 0 spiro atoms. The summed E-state index contributed by atoms with van der Waals surface area (Å²) >= 11 is 1.52. The third-order valence-electron chi connectivity index (χ3n) is 4.44. The molecule has 1 saturated carbocycles. The van der Waals surface area contributed by atoms with E-state index >= 15 is 0 Å². The summed E-state index contributed by atoms with van der Waals surface area (Å²) in [5.74, 6) is -0.523. The molecular weight excluding hydrogens is 292 g/mol. The van der Waals surface area contributed by atoms with E-state index in [9.17, 15) is 19.8 Å². The van der Waals surface area contributed by atoms with Gasteiger partial charge in [-0.3, -0.25) is 4.90 Å². The Hall–Kier alpha value is -0.950. The average molecular weight is 316 g/mol. The number of amides is 2. The van der Waals surface area contributed by atoms with Crippen LogP contribution in [0.5, 0.6) is 0 Å². The lowest BCUT2D eigenvalue weighted by molar-refractivity contribution is -0.141. The van der Waals surface area contributed by atoms with Crippen LogP contribution < -0.4 is 0 Å². The number of hydrogen-bond acceptors (Lipinski definition) is 4. The van der Waals surface area contributed by atoms with E-state index < -0.39 is 18.1 Å². The summed E-state index contributed by atoms with van der Waals surface area (Å²) in [6.07, 6.45) is 3.67. The van der Waals surface area contributed by atoms with E-state index in [0.29, 0.717) is 12.2 Å². The van der Waals surface area contributed by atoms with Crippen molar-refractivity contribution >= 4 is 23.8 Å². The number of carboxylic acids is 1. The second-order valence-corrected chi connectivity index (χ2v) is 6.98. The Morgan fingerprint density at radius 2 is 2.00 bits per heavy atom. The molecule has 6 nitrogen and oxygen atoms in total. The fourth-order valence-electron chi connectivity index (χ4n) is 3.19. The number of thioether (sulfide) groups is 1. The van der Waals surface area contributed by atoms with Crippen molar-refractivity contribution in [2.75, 3.05) is 12.8 Å². The topological polar surface area (TPSA) is 81.1 Å². The van der Waals surface area contributed by atoms with Crippen molar-refractivity contribution in [3.05, 3.63) is 0 Å². The van der Waals surface area contributed by atoms with Gasteiger partial charge in [0.15, 0.2) is 0 Å². The molecule has 0 aromatic carbocycles. The van der Waals surface area contributed by atoms with Crippen molar-refractivity contribution in [2.45, 2.75) is 62.6 Å². The molecule has 120 valence electrons. The lowest BCUT2D eigenvalue weighted by atomic mass is 9.92. The molecule has 2 rings (SSSR count). The number of carbonyl (C=O) groups excluding carboxylic acids is 1. The standard InChI is InChI=1S/C14H24N2O4S/c1-3-12-16(10(8-21-12)13(18)19)14(20)15(2)9-6-4-5-7-11(9)17/h9-12,17H,3-8H2,1-2H3,(H,18,19). The molecule has 4 atom stereocenters. The zero-order chi connectivity index (χ0) is 15.6. The SMILES string of the molecule is CCC1SCC(C(=O)O)N1C(=O)N(C)C1CCCCC1O. The van der Waals surface area contributed by atoms with Gasteiger partial charge in [-0.15, -0.1) is 11.8 Å². The molecule has 2 amide bonds. The van der Waals surface area contributed by atoms with Gasteiger partial charge < -0.3 is 15.1 Å². The average Bonchev–Trinajstić information content (AvgIpc) is 2.90. The van der Waals surface area contributed by atoms with Gasteiger partial charge in [-0.05, 0) is 19.3 Å². The van der Waals surface area contributed by atoms with E-state index in [1.54, 1.807) is 11.9 Å². The Morgan fingerprint density at radius 1 is 1.33 bits per heavy atom. The van der Waals surface area contributed by atoms with Crippen LogP contribution in [0.1, 0.15) is 39.0 Å². The number of carbonyl (C=O) groups is 2. The van der Waals surface area contributed by atoms with E-state index in [1.807, 2.05) is 6.92 Å². The Labute approximate surface area is 129 Å². The lowest BCUT2D eigenvalue weighted by Gasteiger charge is -2.39. The summed E-state index contributed by atoms with van der Waals surface area (Å²) in [6.45, 7) is 1.96. The predicted octanol–water partition coefficient (Wildman–Crippen LogP) is 1.58. The van der Waals surface area contributed by atoms with Gasteiger partial charge in [0.05, 0.1) is 17.5 Å². The van der Waals surface area contributed by atoms with E-state index in [1.165, 1.54) is 16.7 Å². The van der Waals surface area contributed by atoms with Crippen LogP contribution in [0.3, 0.4) is 0 Å². The van der Waals surface area contributed by atoms with Gasteiger partial charge in [-0.1, -0.05) is 19.8 Å². The van der Waals surface area contributed by atoms with Crippen molar-refractivity contribution in [3.8, 4) is 0 Å². The van der Waals surface area contributed by atoms with Crippen molar-refractivity contribution < 1.29 is 19.8 Å². The zero-order valence-electron chi connectivity index (χ0n) is 12.6. The number of likely N-dealkylation sites (N-methyl/N-ethyl adjacent to an activating group) is 1. The molecule has 7 heteroatoms. The number of urea groups is 1. The van der Waals surface area contributed by atoms with Crippen LogP contribution in [0.25, 0.3) is 0 Å². The summed E-state index contributed by atoms with van der Waals surface area (Å²) in [5.41, 5.74) is 0. The minimum atomic E-state index is -0.954. The first-order valence-electron chi connectivity index (χ1n) is 7.55. The molecule has 21 heavy (non-hydrogen) atoms. The number of aliphatic carboxylic acids is 1. The fourth-order valence-corrected chi connectivity index (χ4v) is 4.53. The van der Waals surface area contributed by atoms with Crippen LogP contribution in [-0.2, 0) is 4.79 Å². The van der Waals surface area contributed by atoms with Gasteiger partial charge in [-0.25, -0.2) is 9.59 Å². The molecule has 0 bridgehead atoms. The number of nitrogens with zero attached hydrogens (tertiary/aromatic N) is 2. The lowest BCUT2D eigenvalue weighted by Crippen LogP contribution is -2.55. The summed E-state index contributed by atoms with van der Waals surface area (Å²) in [4.78, 5) is 27.1. The predicted molar refractivity (Wildman–Crippen MR) is 81.2 cm³/mol. The first-order chi connectivity index (χ1) is 9.97. The number of aliphatic hydroxyl groups is 1. The monoisotopic (exact) mass is 316 g/mol. The van der Waals surface area contributed by atoms with Crippen LogP contribution in [0.4, 0.5) is 4.79 Å². The Morgan fingerprint density at radius 3 is 2.57 bits per heavy atom. The van der Waals surface area contributed by atoms with Gasteiger partial charge in [0.2, 0.25) is 0 Å². The third kappa shape index (κ3) is 3.29. The van der Waals surface area contributed by atoms with Gasteiger partial charge in [0.1, 0.15) is 6.04 Å². The normalized spacial score (nSPS) is 33.0. The largest absolute Gasteiger partial charge is 0.480 e. The molecule has 2 fully saturated rings. The summed E-state index contributed by atoms with van der Waals surface area (Å²) in [6, 6.07) is -1.25. The Balaban J connectivity index is 2.13. The van der Waals surface area contributed by atoms with Crippen LogP contribution >= 0.6 is 11.8 Å². The van der Waals surface area contributed by atoms with Gasteiger partial charge >= 0.3 is 12.0 Å². The summed E-state index contributed by atoms with van der Waals surface area (Å²) < 4.78 is 0. The molecule has 1 heterocycles. The third-order valence-corrected chi connectivity index (χ3v) is 5.89. The summed E-state index contributed by atoms with van der Waals surface area (Å²) in [5, 5.41) is 19.3. The van der Waals surface area contributed by atoms with Crippen LogP contribution in [-0.4, -0.2) is 68.4 Å². The molecule has 1 saturated heterocycles. The molecule has 0 aromatic rings. The van der Waals surface area contributed by atoms with E-state index in [0.717, 1.165) is 25.7 Å². The Bertz CT molecular complexity index is 406. The number of carboxylic acid groups (broad SMARTS) is 1. The molecular formula is C14H24N2O4S. The molecule has 2 N–H and O–H groups in total. The zero-order valence-corrected chi connectivity index (χ0v) is 13.4. The van der Waals surface area contributed by atoms with Gasteiger partial charge in [-0.2, -0.15) is 0 Å². The quantitative estimate of drug-likeness (QED) is 0.826. The van der Waals surface area contributed by atoms with E-state index in [4.69, 9.17) is 0 Å². The summed E-state index contributed by atoms with van der Waals surface area (Å²) in [7, 11) is 1.68. The first-order valence-corrected chi connectivity index (χ1v) is 8.59. The maximum Gasteiger partial charge on any atom is 0.327 e. The molecule has 1 aliphatic carbocycles. The van der Waals surface area contributed by atoms with Crippen LogP contribution in [0.2, 0.25) is 0 Å². The minimum absolute atomic E-state index is 0.0956. The maximum absolute atomic E-state index is 12.7. The van der Waals surface area contributed by atoms with Gasteiger partial charge in [0.25, 0.3) is 0 Å². The van der Waals surface area contributed by atoms with Crippen LogP contribution in [0.15, 0.2) is 0 Å². The van der Waals surface area contributed by atoms with Crippen molar-refractivity contribution in [1.82, 2.24) is 9.80 Å². The fraction of sp³-hybridized carbons (Fsp3) is 0.857. The highest BCUT2D eigenvalue weighted by Gasteiger charge is 2.43. The smallest absolute Gasteiger partial charge is 0.327 e. The molecule has 0 aromatic heterocycles. The van der Waals surface area contributed by atoms with Crippen molar-refractivity contribution in [2.24, 2.45) is 0 Å². The molecule has 0 radical (unpaired) electrons. The van der Waals surface area contributed by atoms with Crippen LogP contribution in [0, 0.1) is 0 Å². The van der Waals surface area contributed by atoms with E-state index in [2.05, 4.69) is 0 Å². The highest BCUT2D eigenvalue weighted by atomic mass is 32.2. The highest BCUT2D eigenvalue weighted by Crippen LogP contribution is 2.33. The van der Waals surface area contributed by atoms with Crippen molar-refractivity contribution in [1.29, 1.82) is 0 Å². The maximum atomic E-state index is 12.7. The second kappa shape index (κ2) is 6.87.